The Morgan fingerprint density at radius 2 is 2.15 bits per heavy atom. The van der Waals surface area contributed by atoms with Crippen LogP contribution < -0.4 is 15.6 Å². The summed E-state index contributed by atoms with van der Waals surface area (Å²) in [5, 5.41) is 13.8. The van der Waals surface area contributed by atoms with Crippen LogP contribution in [0, 0.1) is 6.92 Å². The van der Waals surface area contributed by atoms with E-state index in [-0.39, 0.29) is 11.1 Å². The van der Waals surface area contributed by atoms with Crippen LogP contribution in [0.1, 0.15) is 10.6 Å². The fraction of sp³-hybridized carbons (Fsp3) is 0.167. The first-order valence-corrected chi connectivity index (χ1v) is 8.75. The van der Waals surface area contributed by atoms with Crippen molar-refractivity contribution in [1.29, 1.82) is 0 Å². The average Bonchev–Trinajstić information content (AvgIpc) is 3.01. The van der Waals surface area contributed by atoms with Gasteiger partial charge in [0.15, 0.2) is 11.4 Å². The molecule has 0 aliphatic heterocycles. The molecule has 0 unspecified atom stereocenters. The van der Waals surface area contributed by atoms with Gasteiger partial charge in [-0.25, -0.2) is 9.97 Å². The molecular formula is C18H16N4O3S. The highest BCUT2D eigenvalue weighted by Gasteiger charge is 2.15. The highest BCUT2D eigenvalue weighted by atomic mass is 32.1. The van der Waals surface area contributed by atoms with Gasteiger partial charge in [-0.05, 0) is 37.3 Å². The van der Waals surface area contributed by atoms with Crippen LogP contribution in [-0.2, 0) is 6.61 Å². The molecule has 26 heavy (non-hydrogen) atoms. The van der Waals surface area contributed by atoms with Crippen molar-refractivity contribution >= 4 is 38.7 Å². The van der Waals surface area contributed by atoms with E-state index >= 15 is 0 Å². The van der Waals surface area contributed by atoms with Gasteiger partial charge in [0.1, 0.15) is 5.82 Å². The van der Waals surface area contributed by atoms with E-state index in [1.807, 2.05) is 25.1 Å². The molecule has 132 valence electrons. The molecule has 0 amide bonds. The van der Waals surface area contributed by atoms with Crippen LogP contribution in [-0.4, -0.2) is 26.6 Å². The lowest BCUT2D eigenvalue weighted by Crippen LogP contribution is -2.22. The maximum atomic E-state index is 12.7. The van der Waals surface area contributed by atoms with E-state index in [1.54, 1.807) is 29.7 Å². The first kappa shape index (κ1) is 16.5. The number of pyridine rings is 1. The molecule has 0 atom stereocenters. The fourth-order valence-electron chi connectivity index (χ4n) is 2.83. The second-order valence-corrected chi connectivity index (χ2v) is 6.95. The molecule has 0 radical (unpaired) electrons. The summed E-state index contributed by atoms with van der Waals surface area (Å²) in [4.78, 5) is 21.7. The van der Waals surface area contributed by atoms with Crippen molar-refractivity contribution in [3.8, 4) is 5.75 Å². The van der Waals surface area contributed by atoms with Crippen molar-refractivity contribution in [2.75, 3.05) is 12.4 Å². The standard InChI is InChI=1S/C18H16N4O3S/c1-10-19-13-6-5-11(8-15(13)26-10)20-16-12(9-23)18(24)22-7-3-4-14(25-2)17(22)21-16/h3-8,20,23H,9H2,1-2H3. The van der Waals surface area contributed by atoms with Gasteiger partial charge in [-0.2, -0.15) is 0 Å². The van der Waals surface area contributed by atoms with Crippen molar-refractivity contribution in [3.63, 3.8) is 0 Å². The zero-order valence-electron chi connectivity index (χ0n) is 14.2. The van der Waals surface area contributed by atoms with Gasteiger partial charge >= 0.3 is 0 Å². The second-order valence-electron chi connectivity index (χ2n) is 5.71. The van der Waals surface area contributed by atoms with Gasteiger partial charge in [-0.15, -0.1) is 11.3 Å². The van der Waals surface area contributed by atoms with Crippen LogP contribution in [0.15, 0.2) is 41.3 Å². The normalized spacial score (nSPS) is 11.2. The van der Waals surface area contributed by atoms with Crippen LogP contribution in [0.4, 0.5) is 11.5 Å². The molecule has 0 saturated carbocycles. The number of aromatic nitrogens is 3. The Hall–Kier alpha value is -2.97. The Labute approximate surface area is 152 Å². The summed E-state index contributed by atoms with van der Waals surface area (Å²) >= 11 is 1.59. The zero-order valence-corrected chi connectivity index (χ0v) is 15.0. The van der Waals surface area contributed by atoms with Crippen molar-refractivity contribution in [1.82, 2.24) is 14.4 Å². The topological polar surface area (TPSA) is 88.8 Å². The second kappa shape index (κ2) is 6.40. The highest BCUT2D eigenvalue weighted by molar-refractivity contribution is 7.18. The molecule has 4 rings (SSSR count). The summed E-state index contributed by atoms with van der Waals surface area (Å²) in [7, 11) is 1.52. The average molecular weight is 368 g/mol. The monoisotopic (exact) mass is 368 g/mol. The summed E-state index contributed by atoms with van der Waals surface area (Å²) in [5.41, 5.74) is 1.93. The SMILES string of the molecule is COc1cccn2c(=O)c(CO)c(Nc3ccc4nc(C)sc4c3)nc12. The fourth-order valence-corrected chi connectivity index (χ4v) is 3.70. The summed E-state index contributed by atoms with van der Waals surface area (Å²) in [6.07, 6.45) is 1.60. The van der Waals surface area contributed by atoms with Crippen LogP contribution in [0.2, 0.25) is 0 Å². The third kappa shape index (κ3) is 2.69. The van der Waals surface area contributed by atoms with E-state index in [1.165, 1.54) is 11.5 Å². The van der Waals surface area contributed by atoms with Crippen LogP contribution in [0.5, 0.6) is 5.75 Å². The van der Waals surface area contributed by atoms with E-state index in [2.05, 4.69) is 15.3 Å². The number of anilines is 2. The van der Waals surface area contributed by atoms with Crippen LogP contribution in [0.25, 0.3) is 15.9 Å². The quantitative estimate of drug-likeness (QED) is 0.576. The molecule has 0 fully saturated rings. The zero-order chi connectivity index (χ0) is 18.3. The number of rotatable bonds is 4. The third-order valence-electron chi connectivity index (χ3n) is 4.05. The molecular weight excluding hydrogens is 352 g/mol. The Morgan fingerprint density at radius 3 is 2.92 bits per heavy atom. The Bertz CT molecular complexity index is 1180. The predicted octanol–water partition coefficient (Wildman–Crippen LogP) is 2.86. The number of nitrogens with zero attached hydrogens (tertiary/aromatic N) is 3. The van der Waals surface area contributed by atoms with E-state index < -0.39 is 6.61 Å². The lowest BCUT2D eigenvalue weighted by molar-refractivity contribution is 0.280. The molecule has 4 aromatic rings. The van der Waals surface area contributed by atoms with Crippen molar-refractivity contribution < 1.29 is 9.84 Å². The number of nitrogens with one attached hydrogen (secondary N) is 1. The number of benzene rings is 1. The lowest BCUT2D eigenvalue weighted by atomic mass is 10.2. The van der Waals surface area contributed by atoms with Gasteiger partial charge in [0.25, 0.3) is 5.56 Å². The molecule has 1 aromatic carbocycles. The maximum absolute atomic E-state index is 12.7. The summed E-state index contributed by atoms with van der Waals surface area (Å²) < 4.78 is 7.70. The molecule has 8 heteroatoms. The summed E-state index contributed by atoms with van der Waals surface area (Å²) in [5.74, 6) is 0.785. The number of methoxy groups -OCH3 is 1. The third-order valence-corrected chi connectivity index (χ3v) is 4.98. The van der Waals surface area contributed by atoms with Crippen molar-refractivity contribution in [2.45, 2.75) is 13.5 Å². The van der Waals surface area contributed by atoms with Gasteiger partial charge in [0, 0.05) is 11.9 Å². The number of aliphatic hydroxyl groups is 1. The van der Waals surface area contributed by atoms with E-state index in [4.69, 9.17) is 4.74 Å². The number of ether oxygens (including phenoxy) is 1. The minimum Gasteiger partial charge on any atom is -0.493 e. The minimum atomic E-state index is -0.420. The predicted molar refractivity (Wildman–Crippen MR) is 102 cm³/mol. The van der Waals surface area contributed by atoms with Gasteiger partial charge in [0.05, 0.1) is 34.5 Å². The molecule has 0 saturated heterocycles. The number of aliphatic hydroxyl groups excluding tert-OH is 1. The lowest BCUT2D eigenvalue weighted by Gasteiger charge is -2.13. The molecule has 0 aliphatic rings. The number of aryl methyl sites for hydroxylation is 1. The molecule has 3 heterocycles. The van der Waals surface area contributed by atoms with Gasteiger partial charge in [-0.1, -0.05) is 0 Å². The minimum absolute atomic E-state index is 0.191. The Balaban J connectivity index is 1.87. The maximum Gasteiger partial charge on any atom is 0.265 e. The highest BCUT2D eigenvalue weighted by Crippen LogP contribution is 2.27. The largest absolute Gasteiger partial charge is 0.493 e. The van der Waals surface area contributed by atoms with Crippen molar-refractivity contribution in [2.24, 2.45) is 0 Å². The number of thiazole rings is 1. The summed E-state index contributed by atoms with van der Waals surface area (Å²) in [6.45, 7) is 1.54. The summed E-state index contributed by atoms with van der Waals surface area (Å²) in [6, 6.07) is 9.16. The molecule has 2 N–H and O–H groups in total. The molecule has 0 spiro atoms. The van der Waals surface area contributed by atoms with Gasteiger partial charge < -0.3 is 15.2 Å². The van der Waals surface area contributed by atoms with Crippen LogP contribution in [0.3, 0.4) is 0 Å². The smallest absolute Gasteiger partial charge is 0.265 e. The number of fused-ring (bicyclic) bond motifs is 2. The van der Waals surface area contributed by atoms with Crippen LogP contribution >= 0.6 is 11.3 Å². The van der Waals surface area contributed by atoms with E-state index in [0.29, 0.717) is 17.2 Å². The van der Waals surface area contributed by atoms with Crippen molar-refractivity contribution in [3.05, 3.63) is 57.5 Å². The Kier molecular flexibility index (Phi) is 4.06. The molecule has 0 bridgehead atoms. The van der Waals surface area contributed by atoms with E-state index in [0.717, 1.165) is 20.9 Å². The van der Waals surface area contributed by atoms with E-state index in [9.17, 15) is 9.90 Å². The molecule has 3 aromatic heterocycles. The molecule has 7 nitrogen and oxygen atoms in total. The van der Waals surface area contributed by atoms with Gasteiger partial charge in [-0.3, -0.25) is 9.20 Å². The number of hydrogen-bond donors (Lipinski definition) is 2. The Morgan fingerprint density at radius 1 is 1.31 bits per heavy atom. The first-order valence-electron chi connectivity index (χ1n) is 7.94. The number of hydrogen-bond acceptors (Lipinski definition) is 7. The van der Waals surface area contributed by atoms with Gasteiger partial charge in [0.2, 0.25) is 0 Å². The first-order chi connectivity index (χ1) is 12.6. The molecule has 0 aliphatic carbocycles.